The summed E-state index contributed by atoms with van der Waals surface area (Å²) >= 11 is 0. The number of nitrogens with one attached hydrogen (secondary N) is 2. The van der Waals surface area contributed by atoms with Gasteiger partial charge in [-0.15, -0.1) is 0 Å². The van der Waals surface area contributed by atoms with Crippen LogP contribution in [0.3, 0.4) is 0 Å². The van der Waals surface area contributed by atoms with Crippen LogP contribution >= 0.6 is 0 Å². The van der Waals surface area contributed by atoms with Crippen LogP contribution in [-0.4, -0.2) is 19.9 Å². The van der Waals surface area contributed by atoms with E-state index in [1.807, 2.05) is 6.07 Å². The minimum atomic E-state index is 0.0595. The highest BCUT2D eigenvalue weighted by molar-refractivity contribution is 5.41. The van der Waals surface area contributed by atoms with Gasteiger partial charge in [0.15, 0.2) is 0 Å². The molecule has 0 atom stereocenters. The molecule has 3 aromatic rings. The van der Waals surface area contributed by atoms with Crippen LogP contribution in [0.25, 0.3) is 0 Å². The van der Waals surface area contributed by atoms with Crippen molar-refractivity contribution in [2.24, 2.45) is 0 Å². The van der Waals surface area contributed by atoms with E-state index in [0.29, 0.717) is 0 Å². The second-order valence-electron chi connectivity index (χ2n) is 5.94. The summed E-state index contributed by atoms with van der Waals surface area (Å²) in [7, 11) is 0. The molecule has 4 heteroatoms. The Labute approximate surface area is 137 Å². The van der Waals surface area contributed by atoms with Crippen LogP contribution in [0.5, 0.6) is 0 Å². The Morgan fingerprint density at radius 2 is 1.30 bits per heavy atom. The molecule has 0 aliphatic heterocycles. The van der Waals surface area contributed by atoms with E-state index in [1.165, 1.54) is 5.56 Å². The van der Waals surface area contributed by atoms with Gasteiger partial charge in [-0.25, -0.2) is 9.97 Å². The topological polar surface area (TPSA) is 57.4 Å². The highest BCUT2D eigenvalue weighted by Crippen LogP contribution is 2.33. The molecule has 0 saturated carbocycles. The standard InChI is InChI=1S/C19H24N4/c1-5-15-20-12(3)18(22-15)17(14-10-8-7-9-11-14)19-13(4)21-16(6-2)23-19/h7-11,17H,5-6H2,1-4H3,(H,20,22)(H,21,23). The Morgan fingerprint density at radius 1 is 0.826 bits per heavy atom. The molecule has 0 fully saturated rings. The maximum atomic E-state index is 4.85. The van der Waals surface area contributed by atoms with Crippen molar-refractivity contribution in [1.29, 1.82) is 0 Å². The molecule has 2 heterocycles. The fraction of sp³-hybridized carbons (Fsp3) is 0.368. The second kappa shape index (κ2) is 6.41. The van der Waals surface area contributed by atoms with Crippen LogP contribution in [-0.2, 0) is 12.8 Å². The van der Waals surface area contributed by atoms with Crippen molar-refractivity contribution in [2.45, 2.75) is 46.5 Å². The first kappa shape index (κ1) is 15.5. The number of aromatic amines is 2. The van der Waals surface area contributed by atoms with Crippen molar-refractivity contribution < 1.29 is 0 Å². The van der Waals surface area contributed by atoms with Crippen LogP contribution in [0, 0.1) is 13.8 Å². The molecule has 2 N–H and O–H groups in total. The summed E-state index contributed by atoms with van der Waals surface area (Å²) in [5, 5.41) is 0. The summed E-state index contributed by atoms with van der Waals surface area (Å²) in [6, 6.07) is 10.5. The third-order valence-electron chi connectivity index (χ3n) is 4.29. The van der Waals surface area contributed by atoms with Crippen LogP contribution in [0.1, 0.15) is 59.8 Å². The highest BCUT2D eigenvalue weighted by atomic mass is 15.0. The molecule has 0 spiro atoms. The molecule has 120 valence electrons. The van der Waals surface area contributed by atoms with Crippen molar-refractivity contribution in [3.63, 3.8) is 0 Å². The lowest BCUT2D eigenvalue weighted by molar-refractivity contribution is 0.858. The molecule has 1 aromatic carbocycles. The predicted octanol–water partition coefficient (Wildman–Crippen LogP) is 4.05. The zero-order chi connectivity index (χ0) is 16.4. The molecule has 0 aliphatic rings. The number of hydrogen-bond acceptors (Lipinski definition) is 2. The molecule has 3 rings (SSSR count). The smallest absolute Gasteiger partial charge is 0.106 e. The van der Waals surface area contributed by atoms with Gasteiger partial charge in [0.1, 0.15) is 11.6 Å². The fourth-order valence-corrected chi connectivity index (χ4v) is 3.06. The van der Waals surface area contributed by atoms with Crippen molar-refractivity contribution in [3.05, 3.63) is 70.3 Å². The minimum Gasteiger partial charge on any atom is -0.346 e. The number of imidazole rings is 2. The zero-order valence-corrected chi connectivity index (χ0v) is 14.3. The van der Waals surface area contributed by atoms with E-state index in [9.17, 15) is 0 Å². The van der Waals surface area contributed by atoms with Crippen LogP contribution < -0.4 is 0 Å². The van der Waals surface area contributed by atoms with Gasteiger partial charge in [0.25, 0.3) is 0 Å². The average Bonchev–Trinajstić information content (AvgIpc) is 3.12. The molecule has 0 aliphatic carbocycles. The molecular weight excluding hydrogens is 284 g/mol. The second-order valence-corrected chi connectivity index (χ2v) is 5.94. The summed E-state index contributed by atoms with van der Waals surface area (Å²) in [4.78, 5) is 16.5. The van der Waals surface area contributed by atoms with Gasteiger partial charge in [0, 0.05) is 24.2 Å². The Morgan fingerprint density at radius 3 is 1.70 bits per heavy atom. The number of aromatic nitrogens is 4. The van der Waals surface area contributed by atoms with Gasteiger partial charge < -0.3 is 9.97 Å². The third kappa shape index (κ3) is 2.93. The van der Waals surface area contributed by atoms with E-state index in [1.54, 1.807) is 0 Å². The number of nitrogens with zero attached hydrogens (tertiary/aromatic N) is 2. The third-order valence-corrected chi connectivity index (χ3v) is 4.29. The van der Waals surface area contributed by atoms with Crippen molar-refractivity contribution in [1.82, 2.24) is 19.9 Å². The van der Waals surface area contributed by atoms with Gasteiger partial charge >= 0.3 is 0 Å². The number of H-pyrrole nitrogens is 2. The van der Waals surface area contributed by atoms with Crippen LogP contribution in [0.2, 0.25) is 0 Å². The Hall–Kier alpha value is -2.36. The van der Waals surface area contributed by atoms with E-state index >= 15 is 0 Å². The molecule has 2 aromatic heterocycles. The van der Waals surface area contributed by atoms with Gasteiger partial charge in [0.05, 0.1) is 17.3 Å². The van der Waals surface area contributed by atoms with E-state index in [2.05, 4.69) is 61.9 Å². The Balaban J connectivity index is 2.17. The number of rotatable bonds is 5. The van der Waals surface area contributed by atoms with E-state index in [-0.39, 0.29) is 5.92 Å². The average molecular weight is 308 g/mol. The number of benzene rings is 1. The van der Waals surface area contributed by atoms with E-state index < -0.39 is 0 Å². The van der Waals surface area contributed by atoms with Crippen LogP contribution in [0.15, 0.2) is 30.3 Å². The number of hydrogen-bond donors (Lipinski definition) is 2. The van der Waals surface area contributed by atoms with Gasteiger partial charge in [-0.1, -0.05) is 44.2 Å². The molecule has 4 nitrogen and oxygen atoms in total. The van der Waals surface area contributed by atoms with E-state index in [4.69, 9.17) is 9.97 Å². The quantitative estimate of drug-likeness (QED) is 0.747. The normalized spacial score (nSPS) is 11.3. The molecule has 0 bridgehead atoms. The highest BCUT2D eigenvalue weighted by Gasteiger charge is 2.26. The first-order valence-corrected chi connectivity index (χ1v) is 8.29. The first-order valence-electron chi connectivity index (χ1n) is 8.29. The van der Waals surface area contributed by atoms with Crippen molar-refractivity contribution in [2.75, 3.05) is 0 Å². The molecule has 23 heavy (non-hydrogen) atoms. The van der Waals surface area contributed by atoms with Gasteiger partial charge in [-0.2, -0.15) is 0 Å². The summed E-state index contributed by atoms with van der Waals surface area (Å²) < 4.78 is 0. The fourth-order valence-electron chi connectivity index (χ4n) is 3.06. The molecule has 0 amide bonds. The summed E-state index contributed by atoms with van der Waals surface area (Å²) in [5.74, 6) is 2.12. The van der Waals surface area contributed by atoms with Gasteiger partial charge in [-0.3, -0.25) is 0 Å². The monoisotopic (exact) mass is 308 g/mol. The Kier molecular flexibility index (Phi) is 4.33. The lowest BCUT2D eigenvalue weighted by atomic mass is 9.90. The largest absolute Gasteiger partial charge is 0.346 e. The Bertz CT molecular complexity index is 735. The molecule has 0 unspecified atom stereocenters. The predicted molar refractivity (Wildman–Crippen MR) is 92.8 cm³/mol. The molecule has 0 radical (unpaired) electrons. The first-order chi connectivity index (χ1) is 11.1. The lowest BCUT2D eigenvalue weighted by Gasteiger charge is -2.15. The SMILES string of the molecule is CCc1nc(C(c2ccccc2)c2nc(CC)[nH]c2C)c(C)[nH]1. The van der Waals surface area contributed by atoms with Gasteiger partial charge in [0.2, 0.25) is 0 Å². The van der Waals surface area contributed by atoms with Crippen molar-refractivity contribution in [3.8, 4) is 0 Å². The van der Waals surface area contributed by atoms with Crippen LogP contribution in [0.4, 0.5) is 0 Å². The molecular formula is C19H24N4. The summed E-state index contributed by atoms with van der Waals surface area (Å²) in [6.07, 6.45) is 1.81. The van der Waals surface area contributed by atoms with Gasteiger partial charge in [-0.05, 0) is 19.4 Å². The number of aryl methyl sites for hydroxylation is 4. The summed E-state index contributed by atoms with van der Waals surface area (Å²) in [6.45, 7) is 8.43. The maximum Gasteiger partial charge on any atom is 0.106 e. The zero-order valence-electron chi connectivity index (χ0n) is 14.3. The van der Waals surface area contributed by atoms with Crippen molar-refractivity contribution >= 4 is 0 Å². The van der Waals surface area contributed by atoms with E-state index in [0.717, 1.165) is 47.3 Å². The summed E-state index contributed by atoms with van der Waals surface area (Å²) in [5.41, 5.74) is 5.62. The minimum absolute atomic E-state index is 0.0595. The maximum absolute atomic E-state index is 4.85. The molecule has 0 saturated heterocycles. The lowest BCUT2D eigenvalue weighted by Crippen LogP contribution is -2.08.